The van der Waals surface area contributed by atoms with Crippen molar-refractivity contribution in [2.24, 2.45) is 17.8 Å². The Morgan fingerprint density at radius 2 is 1.74 bits per heavy atom. The molecule has 0 radical (unpaired) electrons. The van der Waals surface area contributed by atoms with Gasteiger partial charge in [-0.15, -0.1) is 0 Å². The van der Waals surface area contributed by atoms with E-state index in [4.69, 9.17) is 27.9 Å². The van der Waals surface area contributed by atoms with Crippen LogP contribution in [-0.2, 0) is 19.1 Å². The number of hydrogen-bond donors (Lipinski definition) is 2. The smallest absolute Gasteiger partial charge is 0.246 e. The lowest BCUT2D eigenvalue weighted by molar-refractivity contribution is -0.146. The third kappa shape index (κ3) is 4.25. The van der Waals surface area contributed by atoms with Gasteiger partial charge < -0.3 is 20.3 Å². The first-order valence-electron chi connectivity index (χ1n) is 14.1. The molecule has 3 amide bonds. The highest BCUT2D eigenvalue weighted by atomic mass is 35.5. The molecule has 7 nitrogen and oxygen atoms in total. The lowest BCUT2D eigenvalue weighted by atomic mass is 9.74. The summed E-state index contributed by atoms with van der Waals surface area (Å²) in [5.74, 6) is -1.83. The predicted molar refractivity (Wildman–Crippen MR) is 146 cm³/mol. The summed E-state index contributed by atoms with van der Waals surface area (Å²) in [6.07, 6.45) is 12.5. The summed E-state index contributed by atoms with van der Waals surface area (Å²) in [4.78, 5) is 43.8. The van der Waals surface area contributed by atoms with Crippen molar-refractivity contribution in [3.05, 3.63) is 40.4 Å². The molecular formula is C29H35Cl2N3O4. The minimum atomic E-state index is -1.14. The lowest BCUT2D eigenvalue weighted by Crippen LogP contribution is -2.59. The van der Waals surface area contributed by atoms with Crippen molar-refractivity contribution >= 4 is 46.6 Å². The van der Waals surface area contributed by atoms with Gasteiger partial charge in [-0.1, -0.05) is 74.4 Å². The normalized spacial score (nSPS) is 36.4. The lowest BCUT2D eigenvalue weighted by Gasteiger charge is -2.42. The number of rotatable bonds is 5. The summed E-state index contributed by atoms with van der Waals surface area (Å²) in [6, 6.07) is 4.18. The molecule has 3 heterocycles. The molecule has 4 fully saturated rings. The fraction of sp³-hybridized carbons (Fsp3) is 0.621. The monoisotopic (exact) mass is 559 g/mol. The van der Waals surface area contributed by atoms with Crippen molar-refractivity contribution in [3.63, 3.8) is 0 Å². The van der Waals surface area contributed by atoms with Crippen molar-refractivity contribution in [1.82, 2.24) is 10.2 Å². The molecule has 2 bridgehead atoms. The Morgan fingerprint density at radius 3 is 2.47 bits per heavy atom. The Kier molecular flexibility index (Phi) is 6.98. The van der Waals surface area contributed by atoms with Crippen LogP contribution in [0.5, 0.6) is 0 Å². The number of halogens is 2. The Hall–Kier alpha value is -2.09. The molecule has 204 valence electrons. The molecule has 38 heavy (non-hydrogen) atoms. The Balaban J connectivity index is 1.33. The maximum absolute atomic E-state index is 14.3. The number of hydrogen-bond acceptors (Lipinski definition) is 4. The molecule has 1 aromatic carbocycles. The largest absolute Gasteiger partial charge is 0.359 e. The Bertz CT molecular complexity index is 1170. The summed E-state index contributed by atoms with van der Waals surface area (Å²) in [6.45, 7) is 2.17. The number of amides is 3. The second-order valence-corrected chi connectivity index (χ2v) is 12.6. The Labute approximate surface area is 233 Å². The fourth-order valence-electron chi connectivity index (χ4n) is 7.60. The summed E-state index contributed by atoms with van der Waals surface area (Å²) in [5.41, 5.74) is -0.642. The average molecular weight is 561 g/mol. The van der Waals surface area contributed by atoms with E-state index < -0.39 is 29.6 Å². The zero-order valence-electron chi connectivity index (χ0n) is 21.6. The highest BCUT2D eigenvalue weighted by Crippen LogP contribution is 2.56. The number of nitrogens with zero attached hydrogens (tertiary/aromatic N) is 1. The van der Waals surface area contributed by atoms with Crippen molar-refractivity contribution < 1.29 is 19.1 Å². The topological polar surface area (TPSA) is 87.7 Å². The van der Waals surface area contributed by atoms with Gasteiger partial charge in [0, 0.05) is 17.8 Å². The zero-order valence-corrected chi connectivity index (χ0v) is 23.1. The summed E-state index contributed by atoms with van der Waals surface area (Å²) in [5, 5.41) is 6.91. The second kappa shape index (κ2) is 10.1. The summed E-state index contributed by atoms with van der Waals surface area (Å²) >= 11 is 12.2. The molecular weight excluding hydrogens is 525 g/mol. The van der Waals surface area contributed by atoms with Crippen molar-refractivity contribution in [1.29, 1.82) is 0 Å². The van der Waals surface area contributed by atoms with E-state index in [1.165, 1.54) is 6.42 Å². The molecule has 5 aliphatic rings. The summed E-state index contributed by atoms with van der Waals surface area (Å²) < 4.78 is 6.51. The van der Waals surface area contributed by atoms with Crippen LogP contribution in [0.2, 0.25) is 10.0 Å². The number of anilines is 1. The number of ether oxygens (including phenoxy) is 1. The predicted octanol–water partition coefficient (Wildman–Crippen LogP) is 5.11. The molecule has 2 aliphatic carbocycles. The van der Waals surface area contributed by atoms with E-state index in [1.807, 2.05) is 17.1 Å². The molecule has 0 aromatic heterocycles. The minimum Gasteiger partial charge on any atom is -0.359 e. The fourth-order valence-corrected chi connectivity index (χ4v) is 7.90. The second-order valence-electron chi connectivity index (χ2n) is 11.7. The maximum atomic E-state index is 14.3. The van der Waals surface area contributed by atoms with Crippen LogP contribution in [0.15, 0.2) is 30.4 Å². The molecule has 7 atom stereocenters. The van der Waals surface area contributed by atoms with Crippen LogP contribution < -0.4 is 10.6 Å². The number of benzene rings is 1. The van der Waals surface area contributed by atoms with E-state index in [0.29, 0.717) is 15.7 Å². The van der Waals surface area contributed by atoms with Crippen LogP contribution >= 0.6 is 23.2 Å². The number of nitrogens with one attached hydrogen (secondary N) is 2. The van der Waals surface area contributed by atoms with Crippen molar-refractivity contribution in [2.75, 3.05) is 5.32 Å². The third-order valence-electron chi connectivity index (χ3n) is 9.43. The van der Waals surface area contributed by atoms with E-state index in [2.05, 4.69) is 17.6 Å². The molecule has 9 heteroatoms. The molecule has 3 aliphatic heterocycles. The van der Waals surface area contributed by atoms with Crippen molar-refractivity contribution in [2.45, 2.75) is 94.5 Å². The average Bonchev–Trinajstić information content (AvgIpc) is 3.54. The van der Waals surface area contributed by atoms with Crippen LogP contribution in [0.1, 0.15) is 64.7 Å². The zero-order chi connectivity index (χ0) is 26.6. The van der Waals surface area contributed by atoms with Crippen molar-refractivity contribution in [3.8, 4) is 0 Å². The van der Waals surface area contributed by atoms with Gasteiger partial charge in [0.25, 0.3) is 0 Å². The first kappa shape index (κ1) is 26.1. The van der Waals surface area contributed by atoms with Gasteiger partial charge in [0.2, 0.25) is 17.7 Å². The highest BCUT2D eigenvalue weighted by molar-refractivity contribution is 6.42. The molecule has 0 unspecified atom stereocenters. The van der Waals surface area contributed by atoms with Crippen LogP contribution in [0.4, 0.5) is 5.69 Å². The standard InChI is InChI=1S/C29H35Cl2N3O4/c1-16-7-5-6-10-21(16)34-25(27(36)32-17-8-3-2-4-9-17)29-14-13-22(38-29)23(24(29)28(34)37)26(35)33-18-11-12-19(30)20(31)15-18/h11-17,21-25H,2-10H2,1H3,(H,32,36)(H,33,35)/t16-,21+,22-,23-,24-,25+,29+/m1/s1. The number of fused-ring (bicyclic) bond motifs is 1. The van der Waals surface area contributed by atoms with Gasteiger partial charge in [-0.2, -0.15) is 0 Å². The third-order valence-corrected chi connectivity index (χ3v) is 10.2. The van der Waals surface area contributed by atoms with Gasteiger partial charge in [0.05, 0.1) is 28.0 Å². The maximum Gasteiger partial charge on any atom is 0.246 e. The van der Waals surface area contributed by atoms with Crippen LogP contribution in [-0.4, -0.2) is 52.5 Å². The van der Waals surface area contributed by atoms with E-state index in [1.54, 1.807) is 18.2 Å². The molecule has 1 aromatic rings. The van der Waals surface area contributed by atoms with E-state index in [9.17, 15) is 14.4 Å². The van der Waals surface area contributed by atoms with Crippen LogP contribution in [0, 0.1) is 17.8 Å². The summed E-state index contributed by atoms with van der Waals surface area (Å²) in [7, 11) is 0. The molecule has 6 rings (SSSR count). The highest BCUT2D eigenvalue weighted by Gasteiger charge is 2.73. The van der Waals surface area contributed by atoms with E-state index in [-0.39, 0.29) is 35.7 Å². The van der Waals surface area contributed by atoms with Crippen LogP contribution in [0.3, 0.4) is 0 Å². The molecule has 2 saturated heterocycles. The SMILES string of the molecule is C[C@@H]1CCCC[C@@H]1N1C(=O)[C@H]2[C@H](C(=O)Nc3ccc(Cl)c(Cl)c3)[C@H]3C=C[C@@]2(O3)[C@@H]1C(=O)NC1CCCCC1. The number of carbonyl (C=O) groups excluding carboxylic acids is 3. The van der Waals surface area contributed by atoms with Gasteiger partial charge in [0.15, 0.2) is 0 Å². The van der Waals surface area contributed by atoms with Gasteiger partial charge in [-0.3, -0.25) is 14.4 Å². The minimum absolute atomic E-state index is 0.0480. The van der Waals surface area contributed by atoms with Gasteiger partial charge in [-0.25, -0.2) is 0 Å². The Morgan fingerprint density at radius 1 is 1.00 bits per heavy atom. The van der Waals surface area contributed by atoms with Gasteiger partial charge in [-0.05, 0) is 49.8 Å². The quantitative estimate of drug-likeness (QED) is 0.490. The molecule has 1 spiro atoms. The number of likely N-dealkylation sites (tertiary alicyclic amines) is 1. The van der Waals surface area contributed by atoms with Gasteiger partial charge in [0.1, 0.15) is 11.6 Å². The van der Waals surface area contributed by atoms with E-state index in [0.717, 1.165) is 51.4 Å². The van der Waals surface area contributed by atoms with E-state index >= 15 is 0 Å². The first-order chi connectivity index (χ1) is 18.3. The first-order valence-corrected chi connectivity index (χ1v) is 14.8. The number of carbonyl (C=O) groups is 3. The van der Waals surface area contributed by atoms with Gasteiger partial charge >= 0.3 is 0 Å². The molecule has 2 N–H and O–H groups in total. The van der Waals surface area contributed by atoms with Crippen LogP contribution in [0.25, 0.3) is 0 Å². The molecule has 2 saturated carbocycles.